The summed E-state index contributed by atoms with van der Waals surface area (Å²) in [5.41, 5.74) is 6.37. The summed E-state index contributed by atoms with van der Waals surface area (Å²) >= 11 is 0. The van der Waals surface area contributed by atoms with Crippen LogP contribution < -0.4 is 5.73 Å². The van der Waals surface area contributed by atoms with Crippen LogP contribution in [0, 0.1) is 0 Å². The first-order chi connectivity index (χ1) is 6.15. The average Bonchev–Trinajstić information content (AvgIpc) is 2.43. The second kappa shape index (κ2) is 4.04. The number of nitrogens with zero attached hydrogens (tertiary/aromatic N) is 2. The molecule has 0 radical (unpaired) electrons. The highest BCUT2D eigenvalue weighted by Crippen LogP contribution is 2.02. The van der Waals surface area contributed by atoms with Crippen molar-refractivity contribution < 1.29 is 9.53 Å². The lowest BCUT2D eigenvalue weighted by Gasteiger charge is -1.93. The molecule has 1 aromatic heterocycles. The number of amides is 1. The lowest BCUT2D eigenvalue weighted by atomic mass is 10.3. The zero-order chi connectivity index (χ0) is 9.84. The Labute approximate surface area is 76.5 Å². The van der Waals surface area contributed by atoms with Crippen molar-refractivity contribution in [1.29, 1.82) is 0 Å². The molecule has 0 atom stereocenters. The van der Waals surface area contributed by atoms with Gasteiger partial charge in [0.15, 0.2) is 0 Å². The quantitative estimate of drug-likeness (QED) is 0.697. The van der Waals surface area contributed by atoms with Gasteiger partial charge in [-0.2, -0.15) is 5.10 Å². The monoisotopic (exact) mass is 183 g/mol. The van der Waals surface area contributed by atoms with Crippen molar-refractivity contribution in [2.24, 2.45) is 12.8 Å². The maximum atomic E-state index is 10.8. The zero-order valence-electron chi connectivity index (χ0n) is 7.78. The highest BCUT2D eigenvalue weighted by molar-refractivity contribution is 5.91. The molecule has 0 saturated carbocycles. The van der Waals surface area contributed by atoms with Gasteiger partial charge in [0.1, 0.15) is 5.69 Å². The molecule has 1 heterocycles. The molecule has 0 aliphatic carbocycles. The molecule has 1 rings (SSSR count). The lowest BCUT2D eigenvalue weighted by Crippen LogP contribution is -2.15. The van der Waals surface area contributed by atoms with Crippen molar-refractivity contribution in [3.63, 3.8) is 0 Å². The van der Waals surface area contributed by atoms with Crippen molar-refractivity contribution in [2.45, 2.75) is 6.42 Å². The number of carbonyl (C=O) groups is 1. The van der Waals surface area contributed by atoms with Crippen molar-refractivity contribution in [1.82, 2.24) is 9.78 Å². The van der Waals surface area contributed by atoms with E-state index in [2.05, 4.69) is 5.10 Å². The summed E-state index contributed by atoms with van der Waals surface area (Å²) in [6.45, 7) is 0.592. The topological polar surface area (TPSA) is 70.1 Å². The third-order valence-corrected chi connectivity index (χ3v) is 1.75. The highest BCUT2D eigenvalue weighted by Gasteiger charge is 2.08. The number of primary amides is 1. The van der Waals surface area contributed by atoms with Gasteiger partial charge in [-0.3, -0.25) is 9.48 Å². The molecular formula is C8H13N3O2. The Balaban J connectivity index is 2.76. The van der Waals surface area contributed by atoms with Crippen molar-refractivity contribution in [3.05, 3.63) is 17.5 Å². The Morgan fingerprint density at radius 2 is 2.46 bits per heavy atom. The van der Waals surface area contributed by atoms with E-state index in [0.717, 1.165) is 5.69 Å². The van der Waals surface area contributed by atoms with Crippen LogP contribution in [0.3, 0.4) is 0 Å². The maximum Gasteiger partial charge on any atom is 0.266 e. The van der Waals surface area contributed by atoms with Gasteiger partial charge in [0.25, 0.3) is 5.91 Å². The van der Waals surface area contributed by atoms with Crippen LogP contribution in [0.2, 0.25) is 0 Å². The molecule has 0 aliphatic heterocycles. The number of nitrogens with two attached hydrogens (primary N) is 1. The first-order valence-electron chi connectivity index (χ1n) is 3.97. The van der Waals surface area contributed by atoms with Gasteiger partial charge in [-0.05, 0) is 6.07 Å². The molecule has 72 valence electrons. The Morgan fingerprint density at radius 3 is 2.92 bits per heavy atom. The van der Waals surface area contributed by atoms with Gasteiger partial charge in [-0.15, -0.1) is 0 Å². The molecule has 0 aliphatic rings. The fourth-order valence-corrected chi connectivity index (χ4v) is 1.09. The van der Waals surface area contributed by atoms with E-state index in [-0.39, 0.29) is 0 Å². The Morgan fingerprint density at radius 1 is 1.77 bits per heavy atom. The molecule has 5 nitrogen and oxygen atoms in total. The smallest absolute Gasteiger partial charge is 0.266 e. The highest BCUT2D eigenvalue weighted by atomic mass is 16.5. The maximum absolute atomic E-state index is 10.8. The van der Waals surface area contributed by atoms with E-state index >= 15 is 0 Å². The standard InChI is InChI=1S/C8H13N3O2/c1-11-7(8(9)12)5-6(10-11)3-4-13-2/h5H,3-4H2,1-2H3,(H2,9,12). The number of carbonyl (C=O) groups excluding carboxylic acids is 1. The van der Waals surface area contributed by atoms with Crippen molar-refractivity contribution in [3.8, 4) is 0 Å². The molecule has 0 bridgehead atoms. The fraction of sp³-hybridized carbons (Fsp3) is 0.500. The number of rotatable bonds is 4. The summed E-state index contributed by atoms with van der Waals surface area (Å²) in [5, 5.41) is 4.11. The van der Waals surface area contributed by atoms with E-state index in [1.54, 1.807) is 20.2 Å². The minimum absolute atomic E-state index is 0.422. The first-order valence-corrected chi connectivity index (χ1v) is 3.97. The number of aryl methyl sites for hydroxylation is 1. The Kier molecular flexibility index (Phi) is 3.02. The van der Waals surface area contributed by atoms with Gasteiger partial charge >= 0.3 is 0 Å². The molecule has 5 heteroatoms. The van der Waals surface area contributed by atoms with Crippen molar-refractivity contribution >= 4 is 5.91 Å². The van der Waals surface area contributed by atoms with Crippen LogP contribution in [-0.4, -0.2) is 29.4 Å². The van der Waals surface area contributed by atoms with Gasteiger partial charge in [0.05, 0.1) is 12.3 Å². The number of hydrogen-bond donors (Lipinski definition) is 1. The minimum Gasteiger partial charge on any atom is -0.384 e. The molecule has 1 amide bonds. The summed E-state index contributed by atoms with van der Waals surface area (Å²) in [6, 6.07) is 1.68. The summed E-state index contributed by atoms with van der Waals surface area (Å²) < 4.78 is 6.37. The molecule has 0 unspecified atom stereocenters. The van der Waals surface area contributed by atoms with Crippen LogP contribution in [0.5, 0.6) is 0 Å². The third-order valence-electron chi connectivity index (χ3n) is 1.75. The summed E-state index contributed by atoms with van der Waals surface area (Å²) in [4.78, 5) is 10.8. The third kappa shape index (κ3) is 2.29. The van der Waals surface area contributed by atoms with E-state index in [1.165, 1.54) is 4.68 Å². The Hall–Kier alpha value is -1.36. The van der Waals surface area contributed by atoms with E-state index in [1.807, 2.05) is 0 Å². The van der Waals surface area contributed by atoms with Crippen LogP contribution in [0.1, 0.15) is 16.2 Å². The predicted octanol–water partition coefficient (Wildman–Crippen LogP) is -0.292. The van der Waals surface area contributed by atoms with Crippen molar-refractivity contribution in [2.75, 3.05) is 13.7 Å². The molecule has 0 aromatic carbocycles. The molecule has 2 N–H and O–H groups in total. The van der Waals surface area contributed by atoms with Crippen LogP contribution in [0.4, 0.5) is 0 Å². The molecule has 13 heavy (non-hydrogen) atoms. The van der Waals surface area contributed by atoms with E-state index in [9.17, 15) is 4.79 Å². The van der Waals surface area contributed by atoms with Gasteiger partial charge in [0, 0.05) is 20.6 Å². The van der Waals surface area contributed by atoms with E-state index < -0.39 is 5.91 Å². The van der Waals surface area contributed by atoms with Crippen LogP contribution in [0.15, 0.2) is 6.07 Å². The minimum atomic E-state index is -0.460. The number of hydrogen-bond acceptors (Lipinski definition) is 3. The van der Waals surface area contributed by atoms with Crippen LogP contribution in [0.25, 0.3) is 0 Å². The largest absolute Gasteiger partial charge is 0.384 e. The second-order valence-electron chi connectivity index (χ2n) is 2.75. The molecule has 0 spiro atoms. The summed E-state index contributed by atoms with van der Waals surface area (Å²) in [6.07, 6.45) is 0.692. The number of ether oxygens (including phenoxy) is 1. The summed E-state index contributed by atoms with van der Waals surface area (Å²) in [5.74, 6) is -0.460. The Bertz CT molecular complexity index is 306. The second-order valence-corrected chi connectivity index (χ2v) is 2.75. The first kappa shape index (κ1) is 9.73. The normalized spacial score (nSPS) is 10.3. The van der Waals surface area contributed by atoms with E-state index in [4.69, 9.17) is 10.5 Å². The summed E-state index contributed by atoms with van der Waals surface area (Å²) in [7, 11) is 3.31. The lowest BCUT2D eigenvalue weighted by molar-refractivity contribution is 0.0991. The van der Waals surface area contributed by atoms with Gasteiger partial charge in [-0.1, -0.05) is 0 Å². The molecule has 1 aromatic rings. The molecule has 0 fully saturated rings. The van der Waals surface area contributed by atoms with Gasteiger partial charge in [0.2, 0.25) is 0 Å². The van der Waals surface area contributed by atoms with E-state index in [0.29, 0.717) is 18.7 Å². The van der Waals surface area contributed by atoms with Gasteiger partial charge < -0.3 is 10.5 Å². The average molecular weight is 183 g/mol. The molecule has 0 saturated heterocycles. The fourth-order valence-electron chi connectivity index (χ4n) is 1.09. The SMILES string of the molecule is COCCc1cc(C(N)=O)n(C)n1. The zero-order valence-corrected chi connectivity index (χ0v) is 7.78. The number of aromatic nitrogens is 2. The van der Waals surface area contributed by atoms with Crippen LogP contribution >= 0.6 is 0 Å². The molecular weight excluding hydrogens is 170 g/mol. The van der Waals surface area contributed by atoms with Gasteiger partial charge in [-0.25, -0.2) is 0 Å². The predicted molar refractivity (Wildman–Crippen MR) is 47.3 cm³/mol. The number of methoxy groups -OCH3 is 1. The van der Waals surface area contributed by atoms with Crippen LogP contribution in [-0.2, 0) is 18.2 Å².